The number of ether oxygens (including phenoxy) is 2. The number of alkyl halides is 4. The van der Waals surface area contributed by atoms with Crippen molar-refractivity contribution >= 4 is 27.9 Å². The van der Waals surface area contributed by atoms with Crippen molar-refractivity contribution in [2.45, 2.75) is 114 Å². The summed E-state index contributed by atoms with van der Waals surface area (Å²) in [6.07, 6.45) is 3.70. The van der Waals surface area contributed by atoms with E-state index in [0.29, 0.717) is 37.1 Å². The normalized spacial score (nSPS) is 13.7. The molecule has 0 aromatic rings. The molecule has 0 aliphatic carbocycles. The first-order valence-electron chi connectivity index (χ1n) is 10.7. The molecule has 0 amide bonds. The van der Waals surface area contributed by atoms with Gasteiger partial charge in [0.1, 0.15) is 6.10 Å². The van der Waals surface area contributed by atoms with Gasteiger partial charge >= 0.3 is 18.1 Å². The van der Waals surface area contributed by atoms with E-state index < -0.39 is 12.6 Å². The van der Waals surface area contributed by atoms with Gasteiger partial charge in [0.25, 0.3) is 0 Å². The van der Waals surface area contributed by atoms with Crippen molar-refractivity contribution in [2.24, 2.45) is 0 Å². The van der Waals surface area contributed by atoms with Crippen molar-refractivity contribution < 1.29 is 32.2 Å². The van der Waals surface area contributed by atoms with Crippen LogP contribution in [0.3, 0.4) is 0 Å². The summed E-state index contributed by atoms with van der Waals surface area (Å²) < 4.78 is 46.8. The van der Waals surface area contributed by atoms with E-state index in [1.807, 2.05) is 0 Å². The summed E-state index contributed by atoms with van der Waals surface area (Å²) in [5.41, 5.74) is 0. The lowest BCUT2D eigenvalue weighted by Crippen LogP contribution is -2.17. The highest BCUT2D eigenvalue weighted by molar-refractivity contribution is 9.09. The first kappa shape index (κ1) is 28.2. The van der Waals surface area contributed by atoms with Crippen molar-refractivity contribution in [1.82, 2.24) is 0 Å². The number of halogens is 4. The molecule has 0 aromatic carbocycles. The van der Waals surface area contributed by atoms with E-state index in [9.17, 15) is 22.8 Å². The minimum Gasteiger partial charge on any atom is -0.466 e. The fraction of sp³-hybridized carbons (Fsp3) is 0.905. The Labute approximate surface area is 181 Å². The molecule has 8 heteroatoms. The minimum absolute atomic E-state index is 0.0680. The van der Waals surface area contributed by atoms with Crippen LogP contribution in [0.25, 0.3) is 0 Å². The summed E-state index contributed by atoms with van der Waals surface area (Å²) in [6.45, 7) is 3.56. The molecule has 0 N–H and O–H groups in total. The SMILES string of the molecule is CCOC(=O)CCCCCCC(Br)CCCC(CCCCC(F)(F)F)OC(C)=O. The largest absolute Gasteiger partial charge is 0.466 e. The standard InChI is InChI=1S/C21H36BrF3O4/c1-3-28-20(27)15-7-5-4-6-11-18(22)12-10-14-19(29-17(2)26)13-8-9-16-21(23,24)25/h18-19H,3-16H2,1-2H3. The van der Waals surface area contributed by atoms with Crippen LogP contribution < -0.4 is 0 Å². The molecule has 0 saturated carbocycles. The lowest BCUT2D eigenvalue weighted by molar-refractivity contribution is -0.148. The van der Waals surface area contributed by atoms with Gasteiger partial charge in [-0.25, -0.2) is 0 Å². The van der Waals surface area contributed by atoms with E-state index in [2.05, 4.69) is 15.9 Å². The van der Waals surface area contributed by atoms with E-state index in [-0.39, 0.29) is 24.5 Å². The monoisotopic (exact) mass is 488 g/mol. The number of carbonyl (C=O) groups is 2. The maximum Gasteiger partial charge on any atom is 0.389 e. The van der Waals surface area contributed by atoms with Crippen LogP contribution in [0.4, 0.5) is 13.2 Å². The Morgan fingerprint density at radius 2 is 1.48 bits per heavy atom. The Kier molecular flexibility index (Phi) is 16.5. The number of carbonyl (C=O) groups excluding carboxylic acids is 2. The van der Waals surface area contributed by atoms with E-state index in [4.69, 9.17) is 9.47 Å². The molecule has 0 rings (SSSR count). The van der Waals surface area contributed by atoms with Crippen molar-refractivity contribution in [2.75, 3.05) is 6.61 Å². The summed E-state index contributed by atoms with van der Waals surface area (Å²) >= 11 is 3.67. The summed E-state index contributed by atoms with van der Waals surface area (Å²) in [4.78, 5) is 22.8. The molecule has 2 unspecified atom stereocenters. The summed E-state index contributed by atoms with van der Waals surface area (Å²) in [6, 6.07) is 0. The molecule has 4 nitrogen and oxygen atoms in total. The number of hydrogen-bond donors (Lipinski definition) is 0. The molecule has 0 bridgehead atoms. The molecule has 2 atom stereocenters. The first-order valence-corrected chi connectivity index (χ1v) is 11.6. The van der Waals surface area contributed by atoms with Crippen LogP contribution in [-0.4, -0.2) is 35.7 Å². The Morgan fingerprint density at radius 1 is 0.897 bits per heavy atom. The maximum atomic E-state index is 12.2. The molecule has 0 saturated heterocycles. The fourth-order valence-corrected chi connectivity index (χ4v) is 3.78. The van der Waals surface area contributed by atoms with Crippen LogP contribution >= 0.6 is 15.9 Å². The quantitative estimate of drug-likeness (QED) is 0.127. The molecule has 0 fully saturated rings. The third-order valence-corrected chi connectivity index (χ3v) is 5.48. The zero-order valence-corrected chi connectivity index (χ0v) is 19.3. The van der Waals surface area contributed by atoms with E-state index in [1.165, 1.54) is 6.92 Å². The van der Waals surface area contributed by atoms with Gasteiger partial charge < -0.3 is 9.47 Å². The summed E-state index contributed by atoms with van der Waals surface area (Å²) in [5.74, 6) is -0.518. The fourth-order valence-electron chi connectivity index (χ4n) is 3.13. The molecule has 0 heterocycles. The van der Waals surface area contributed by atoms with Crippen molar-refractivity contribution in [1.29, 1.82) is 0 Å². The highest BCUT2D eigenvalue weighted by Crippen LogP contribution is 2.24. The predicted octanol–water partition coefficient (Wildman–Crippen LogP) is 6.88. The number of unbranched alkanes of at least 4 members (excludes halogenated alkanes) is 4. The van der Waals surface area contributed by atoms with Gasteiger partial charge in [0.05, 0.1) is 6.61 Å². The van der Waals surface area contributed by atoms with E-state index in [1.54, 1.807) is 6.92 Å². The van der Waals surface area contributed by atoms with Crippen molar-refractivity contribution in [3.05, 3.63) is 0 Å². The van der Waals surface area contributed by atoms with Gasteiger partial charge in [0.2, 0.25) is 0 Å². The molecule has 0 radical (unpaired) electrons. The van der Waals surface area contributed by atoms with Crippen LogP contribution in [-0.2, 0) is 19.1 Å². The topological polar surface area (TPSA) is 52.6 Å². The Bertz CT molecular complexity index is 444. The van der Waals surface area contributed by atoms with Gasteiger partial charge in [-0.1, -0.05) is 35.2 Å². The highest BCUT2D eigenvalue weighted by atomic mass is 79.9. The van der Waals surface area contributed by atoms with Crippen molar-refractivity contribution in [3.63, 3.8) is 0 Å². The van der Waals surface area contributed by atoms with Crippen LogP contribution in [0, 0.1) is 0 Å². The van der Waals surface area contributed by atoms with Gasteiger partial charge in [0, 0.05) is 24.6 Å². The second kappa shape index (κ2) is 16.9. The molecule has 172 valence electrons. The Hall–Kier alpha value is -0.790. The predicted molar refractivity (Wildman–Crippen MR) is 111 cm³/mol. The van der Waals surface area contributed by atoms with E-state index >= 15 is 0 Å². The smallest absolute Gasteiger partial charge is 0.389 e. The number of hydrogen-bond acceptors (Lipinski definition) is 4. The third kappa shape index (κ3) is 20.3. The van der Waals surface area contributed by atoms with Crippen LogP contribution in [0.15, 0.2) is 0 Å². The van der Waals surface area contributed by atoms with Gasteiger partial charge in [-0.15, -0.1) is 0 Å². The molecular formula is C21H36BrF3O4. The average molecular weight is 489 g/mol. The van der Waals surface area contributed by atoms with Crippen LogP contribution in [0.2, 0.25) is 0 Å². The minimum atomic E-state index is -4.13. The maximum absolute atomic E-state index is 12.2. The lowest BCUT2D eigenvalue weighted by atomic mass is 10.0. The van der Waals surface area contributed by atoms with Crippen LogP contribution in [0.1, 0.15) is 97.3 Å². The summed E-state index contributed by atoms with van der Waals surface area (Å²) in [5, 5.41) is 0. The average Bonchev–Trinajstić information content (AvgIpc) is 2.60. The molecule has 0 aliphatic rings. The highest BCUT2D eigenvalue weighted by Gasteiger charge is 2.26. The second-order valence-electron chi connectivity index (χ2n) is 7.38. The molecular weight excluding hydrogens is 453 g/mol. The third-order valence-electron chi connectivity index (χ3n) is 4.57. The lowest BCUT2D eigenvalue weighted by Gasteiger charge is -2.18. The molecule has 0 aromatic heterocycles. The molecule has 0 aliphatic heterocycles. The molecule has 29 heavy (non-hydrogen) atoms. The Morgan fingerprint density at radius 3 is 2.10 bits per heavy atom. The van der Waals surface area contributed by atoms with Crippen molar-refractivity contribution in [3.8, 4) is 0 Å². The number of esters is 2. The second-order valence-corrected chi connectivity index (χ2v) is 8.67. The zero-order chi connectivity index (χ0) is 22.1. The van der Waals surface area contributed by atoms with Gasteiger partial charge in [-0.3, -0.25) is 9.59 Å². The zero-order valence-electron chi connectivity index (χ0n) is 17.7. The van der Waals surface area contributed by atoms with Gasteiger partial charge in [0.15, 0.2) is 0 Å². The number of rotatable bonds is 17. The summed E-state index contributed by atoms with van der Waals surface area (Å²) in [7, 11) is 0. The van der Waals surface area contributed by atoms with E-state index in [0.717, 1.165) is 44.9 Å². The Balaban J connectivity index is 3.84. The van der Waals surface area contributed by atoms with Gasteiger partial charge in [-0.2, -0.15) is 13.2 Å². The first-order chi connectivity index (χ1) is 13.6. The van der Waals surface area contributed by atoms with Crippen LogP contribution in [0.5, 0.6) is 0 Å². The van der Waals surface area contributed by atoms with Gasteiger partial charge in [-0.05, 0) is 58.3 Å². The molecule has 0 spiro atoms.